The highest BCUT2D eigenvalue weighted by Gasteiger charge is 2.32. The summed E-state index contributed by atoms with van der Waals surface area (Å²) in [5.74, 6) is 4.57. The number of nitrogens with one attached hydrogen (secondary N) is 3. The van der Waals surface area contributed by atoms with Gasteiger partial charge in [-0.25, -0.2) is 34.6 Å². The van der Waals surface area contributed by atoms with Crippen LogP contribution in [-0.4, -0.2) is 115 Å². The highest BCUT2D eigenvalue weighted by Crippen LogP contribution is 2.41. The van der Waals surface area contributed by atoms with Gasteiger partial charge in [0.1, 0.15) is 35.7 Å². The summed E-state index contributed by atoms with van der Waals surface area (Å²) in [6.07, 6.45) is 17.9. The predicted octanol–water partition coefficient (Wildman–Crippen LogP) is 19.8. The lowest BCUT2D eigenvalue weighted by Gasteiger charge is -2.22. The first-order valence-electron chi connectivity index (χ1n) is 42.3. The number of benzene rings is 6. The average Bonchev–Trinajstić information content (AvgIpc) is 1.68. The number of aryl methyl sites for hydroxylation is 6. The van der Waals surface area contributed by atoms with Gasteiger partial charge < -0.3 is 39.2 Å². The number of H-pyrrole nitrogens is 1. The molecule has 1 atom stereocenters. The number of pyridine rings is 7. The molecule has 0 saturated heterocycles. The summed E-state index contributed by atoms with van der Waals surface area (Å²) in [7, 11) is 1.93. The minimum absolute atomic E-state index is 0.0898. The van der Waals surface area contributed by atoms with Crippen molar-refractivity contribution in [1.82, 2.24) is 84.6 Å². The van der Waals surface area contributed by atoms with Gasteiger partial charge in [0.05, 0.1) is 75.0 Å². The fourth-order valence-corrected chi connectivity index (χ4v) is 15.0. The molecule has 5 N–H and O–H groups in total. The molecule has 0 aliphatic carbocycles. The van der Waals surface area contributed by atoms with Gasteiger partial charge in [-0.3, -0.25) is 49.7 Å². The van der Waals surface area contributed by atoms with Gasteiger partial charge in [-0.15, -0.1) is 0 Å². The first kappa shape index (κ1) is 86.5. The first-order chi connectivity index (χ1) is 63.7. The van der Waals surface area contributed by atoms with Crippen molar-refractivity contribution in [2.24, 2.45) is 22.8 Å². The Balaban J connectivity index is 0.000000116. The zero-order chi connectivity index (χ0) is 90.5. The number of primary amides is 1. The van der Waals surface area contributed by atoms with Crippen LogP contribution in [0.4, 0.5) is 11.4 Å². The van der Waals surface area contributed by atoms with Crippen LogP contribution in [-0.2, 0) is 19.1 Å². The number of ether oxygens (including phenoxy) is 3. The number of amidine groups is 1. The quantitative estimate of drug-likeness (QED) is 0.0653. The molecular weight excluding hydrogens is 1660 g/mol. The molecular formula is C103H90N22O5S. The molecule has 648 valence electrons. The molecule has 0 fully saturated rings. The number of carbonyl (C=O) groups is 1. The molecule has 1 amide bonds. The number of amides is 1. The SMILES string of the molecule is Cc1cccc(-c2[nH]c(C(C)(C)C)nc2-c2ccc3nccnc3c2)n1.Cc1cccc(-c2nn(C(=S)Nc3ccccc3)cc2-c2ccnc3ccccc23)n1.Cc1cccc(C2=NC(c3ccc(C(N)=O)cc3)NN2c2ccc3c(c2)OCO3)n1.Cc1cccc(C2=NCC=C2c2ccnc(OCc3cn(C)cn3)c2)n1.Cc1nc(-c2ccccc2)c(-c2ccncc2)o1. The number of fused-ring (bicyclic) bond motifs is 3. The smallest absolute Gasteiger partial charge is 0.248 e. The number of aromatic nitrogens is 16. The van der Waals surface area contributed by atoms with Crippen LogP contribution in [0.3, 0.4) is 0 Å². The molecule has 27 nitrogen and oxygen atoms in total. The maximum absolute atomic E-state index is 11.4. The maximum Gasteiger partial charge on any atom is 0.248 e. The Hall–Kier alpha value is -16.6. The van der Waals surface area contributed by atoms with Crippen LogP contribution in [0.2, 0.25) is 0 Å². The number of oxazole rings is 1. The normalized spacial score (nSPS) is 13.0. The summed E-state index contributed by atoms with van der Waals surface area (Å²) in [5.41, 5.74) is 33.9. The van der Waals surface area contributed by atoms with E-state index >= 15 is 0 Å². The lowest BCUT2D eigenvalue weighted by atomic mass is 9.96. The number of hydrogen-bond acceptors (Lipinski definition) is 23. The minimum Gasteiger partial charge on any atom is -0.471 e. The number of nitrogens with zero attached hydrogens (tertiary/aromatic N) is 18. The Bertz CT molecular complexity index is 7210. The van der Waals surface area contributed by atoms with E-state index in [1.54, 1.807) is 54.1 Å². The number of thiocarbonyl (C=S) groups is 1. The summed E-state index contributed by atoms with van der Waals surface area (Å²) in [4.78, 5) is 78.3. The van der Waals surface area contributed by atoms with E-state index in [1.165, 1.54) is 0 Å². The molecule has 1 unspecified atom stereocenters. The molecule has 0 spiro atoms. The van der Waals surface area contributed by atoms with Gasteiger partial charge in [0.25, 0.3) is 0 Å². The second-order valence-electron chi connectivity index (χ2n) is 31.8. The van der Waals surface area contributed by atoms with Crippen molar-refractivity contribution in [3.05, 3.63) is 379 Å². The molecule has 6 aromatic carbocycles. The van der Waals surface area contributed by atoms with Gasteiger partial charge >= 0.3 is 0 Å². The third kappa shape index (κ3) is 20.6. The highest BCUT2D eigenvalue weighted by molar-refractivity contribution is 7.80. The zero-order valence-corrected chi connectivity index (χ0v) is 74.0. The van der Waals surface area contributed by atoms with E-state index in [0.717, 1.165) is 169 Å². The highest BCUT2D eigenvalue weighted by atomic mass is 32.1. The van der Waals surface area contributed by atoms with Crippen LogP contribution in [0, 0.1) is 34.6 Å². The maximum atomic E-state index is 11.4. The van der Waals surface area contributed by atoms with Crippen molar-refractivity contribution in [2.45, 2.75) is 73.6 Å². The number of anilines is 2. The molecule has 0 bridgehead atoms. The summed E-state index contributed by atoms with van der Waals surface area (Å²) < 4.78 is 26.1. The van der Waals surface area contributed by atoms with E-state index < -0.39 is 5.91 Å². The van der Waals surface area contributed by atoms with Crippen LogP contribution >= 0.6 is 12.2 Å². The summed E-state index contributed by atoms with van der Waals surface area (Å²) in [6, 6.07) is 80.3. The van der Waals surface area contributed by atoms with Gasteiger partial charge in [0, 0.05) is 148 Å². The van der Waals surface area contributed by atoms with Gasteiger partial charge in [0.15, 0.2) is 34.1 Å². The van der Waals surface area contributed by atoms with Crippen molar-refractivity contribution >= 4 is 73.7 Å². The number of aromatic amines is 1. The lowest BCUT2D eigenvalue weighted by molar-refractivity contribution is 0.1000. The fraction of sp³-hybridized carbons (Fsp3) is 0.136. The Kier molecular flexibility index (Phi) is 25.8. The van der Waals surface area contributed by atoms with Crippen LogP contribution in [0.15, 0.2) is 325 Å². The van der Waals surface area contributed by atoms with Crippen molar-refractivity contribution in [3.8, 4) is 85.1 Å². The van der Waals surface area contributed by atoms with E-state index in [4.69, 9.17) is 56.6 Å². The molecule has 28 heteroatoms. The molecule has 3 aliphatic heterocycles. The summed E-state index contributed by atoms with van der Waals surface area (Å²) in [5, 5.41) is 11.5. The van der Waals surface area contributed by atoms with Gasteiger partial charge in [-0.05, 0) is 184 Å². The average molecular weight is 1750 g/mol. The minimum atomic E-state index is -0.462. The Morgan fingerprint density at radius 1 is 0.557 bits per heavy atom. The number of hydrogen-bond donors (Lipinski definition) is 4. The molecule has 0 radical (unpaired) electrons. The number of allylic oxidation sites excluding steroid dienone is 1. The number of rotatable bonds is 16. The van der Waals surface area contributed by atoms with E-state index in [2.05, 4.69) is 103 Å². The van der Waals surface area contributed by atoms with E-state index in [-0.39, 0.29) is 18.4 Å². The largest absolute Gasteiger partial charge is 0.471 e. The monoisotopic (exact) mass is 1750 g/mol. The summed E-state index contributed by atoms with van der Waals surface area (Å²) >= 11 is 5.65. The Labute approximate surface area is 761 Å². The molecule has 15 heterocycles. The first-order valence-corrected chi connectivity index (χ1v) is 42.7. The molecule has 0 saturated carbocycles. The van der Waals surface area contributed by atoms with Crippen molar-refractivity contribution in [3.63, 3.8) is 0 Å². The zero-order valence-electron chi connectivity index (χ0n) is 73.2. The van der Waals surface area contributed by atoms with E-state index in [0.29, 0.717) is 52.9 Å². The van der Waals surface area contributed by atoms with E-state index in [9.17, 15) is 4.79 Å². The summed E-state index contributed by atoms with van der Waals surface area (Å²) in [6.45, 7) is 17.5. The number of imidazole rings is 2. The topological polar surface area (TPSA) is 329 Å². The molecule has 3 aliphatic rings. The number of hydrazine groups is 1. The predicted molar refractivity (Wildman–Crippen MR) is 514 cm³/mol. The number of aliphatic imine (C=N–C) groups is 2. The number of para-hydroxylation sites is 2. The molecule has 18 aromatic rings. The van der Waals surface area contributed by atoms with Crippen LogP contribution in [0.25, 0.3) is 95.3 Å². The second-order valence-corrected chi connectivity index (χ2v) is 32.2. The number of carbonyl (C=O) groups excluding carboxylic acids is 1. The van der Waals surface area contributed by atoms with Gasteiger partial charge in [0.2, 0.25) is 18.6 Å². The van der Waals surface area contributed by atoms with Crippen molar-refractivity contribution in [2.75, 3.05) is 23.7 Å². The van der Waals surface area contributed by atoms with Crippen molar-refractivity contribution < 1.29 is 23.4 Å². The van der Waals surface area contributed by atoms with Gasteiger partial charge in [-0.1, -0.05) is 136 Å². The van der Waals surface area contributed by atoms with Crippen LogP contribution < -0.4 is 35.7 Å². The Morgan fingerprint density at radius 2 is 1.21 bits per heavy atom. The molecule has 21 rings (SSSR count). The van der Waals surface area contributed by atoms with E-state index in [1.807, 2.05) is 300 Å². The molecule has 131 heavy (non-hydrogen) atoms. The van der Waals surface area contributed by atoms with Crippen LogP contribution in [0.5, 0.6) is 17.4 Å². The third-order valence-corrected chi connectivity index (χ3v) is 21.4. The van der Waals surface area contributed by atoms with Crippen LogP contribution in [0.1, 0.15) is 100.0 Å². The molecule has 12 aromatic heterocycles. The van der Waals surface area contributed by atoms with Gasteiger partial charge in [-0.2, -0.15) is 10.5 Å². The Morgan fingerprint density at radius 3 is 1.94 bits per heavy atom. The standard InChI is InChI=1S/C25H19N5S.C22H19N5O3.C21H21N5.C20H19N5O.C15H12N2O/c1-17-8-7-13-23(27-17)24-21(19-14-15-26-22-12-6-5-11-20(19)22)16-30(29-24)25(31)28-18-9-3-2-4-10-18;1-13-3-2-4-17(24-13)22-25-21(15-7-5-14(6-8-15)20(23)28)26-27(22)16-9-10-18-19(11-16)30-12-29-18;1-13-6-5-7-16(24-13)19-18(25-20(26-19)21(2,3)4)14-8-9-15-17(12-14)23-11-10-22-15;1-14-4-3-5-18(24-14)20-17(7-9-22-20)15-6-8-21-19(10-15)26-12-16-11-25(2)13-23-16;1-11-17-14(12-5-3-2-4-6-12)15(18-11)13-7-9-16-10-8-13/h2-16H,1H3,(H,28,31);2-11,21,26H,12H2,1H3,(H2,23,28);5-12H,1-4H3,(H,25,26);3-8,10-11,13H,9,12H2,1-2H3;2-10H,1H3. The number of nitrogens with two attached hydrogens (primary N) is 1. The third-order valence-electron chi connectivity index (χ3n) is 21.1. The lowest BCUT2D eigenvalue weighted by Crippen LogP contribution is -2.39. The van der Waals surface area contributed by atoms with Crippen molar-refractivity contribution in [1.29, 1.82) is 0 Å². The second kappa shape index (κ2) is 39.1. The fourth-order valence-electron chi connectivity index (χ4n) is 14.7.